The first kappa shape index (κ1) is 19.0. The van der Waals surface area contributed by atoms with Gasteiger partial charge in [0, 0.05) is 18.5 Å². The molecule has 1 atom stereocenters. The van der Waals surface area contributed by atoms with Crippen molar-refractivity contribution >= 4 is 22.0 Å². The summed E-state index contributed by atoms with van der Waals surface area (Å²) in [5.74, 6) is 1.22. The number of hydrogen-bond acceptors (Lipinski definition) is 6. The molecule has 4 aliphatic rings. The van der Waals surface area contributed by atoms with Gasteiger partial charge in [-0.15, -0.1) is 0 Å². The lowest BCUT2D eigenvalue weighted by molar-refractivity contribution is 0.199. The number of hydrogen-bond donors (Lipinski definition) is 1. The highest BCUT2D eigenvalue weighted by molar-refractivity contribution is 7.93. The fraction of sp³-hybridized carbons (Fsp3) is 0.667. The molecule has 0 aromatic heterocycles. The van der Waals surface area contributed by atoms with Gasteiger partial charge in [-0.05, 0) is 50.7 Å². The van der Waals surface area contributed by atoms with E-state index in [0.29, 0.717) is 23.8 Å². The maximum atomic E-state index is 12.9. The number of nitrogens with one attached hydrogen (secondary N) is 1. The van der Waals surface area contributed by atoms with Crippen LogP contribution in [0.2, 0.25) is 0 Å². The molecular formula is C21H29N3O4S. The van der Waals surface area contributed by atoms with Crippen LogP contribution in [0, 0.1) is 0 Å². The number of benzene rings is 1. The van der Waals surface area contributed by atoms with Crippen molar-refractivity contribution in [2.75, 3.05) is 24.4 Å². The zero-order valence-electron chi connectivity index (χ0n) is 16.7. The maximum Gasteiger partial charge on any atom is 0.235 e. The van der Waals surface area contributed by atoms with Gasteiger partial charge in [-0.3, -0.25) is 9.71 Å². The number of sulfonamides is 1. The minimum Gasteiger partial charge on any atom is -0.491 e. The molecule has 5 rings (SSSR count). The van der Waals surface area contributed by atoms with Gasteiger partial charge in [-0.2, -0.15) is 0 Å². The predicted octanol–water partition coefficient (Wildman–Crippen LogP) is 3.47. The second kappa shape index (κ2) is 7.70. The summed E-state index contributed by atoms with van der Waals surface area (Å²) >= 11 is 0. The van der Waals surface area contributed by atoms with Gasteiger partial charge in [0.25, 0.3) is 0 Å². The maximum absolute atomic E-state index is 12.9. The van der Waals surface area contributed by atoms with Crippen LogP contribution in [0.1, 0.15) is 63.0 Å². The highest BCUT2D eigenvalue weighted by Crippen LogP contribution is 2.47. The summed E-state index contributed by atoms with van der Waals surface area (Å²) < 4.78 is 41.1. The van der Waals surface area contributed by atoms with Crippen molar-refractivity contribution in [2.45, 2.75) is 68.8 Å². The number of anilines is 1. The molecule has 0 saturated heterocycles. The lowest BCUT2D eigenvalue weighted by atomic mass is 9.98. The summed E-state index contributed by atoms with van der Waals surface area (Å²) in [7, 11) is -3.45. The lowest BCUT2D eigenvalue weighted by Gasteiger charge is -2.34. The molecule has 29 heavy (non-hydrogen) atoms. The molecule has 2 heterocycles. The van der Waals surface area contributed by atoms with E-state index < -0.39 is 10.0 Å². The number of fused-ring (bicyclic) bond motifs is 1. The molecule has 0 spiro atoms. The molecule has 158 valence electrons. The Morgan fingerprint density at radius 3 is 2.62 bits per heavy atom. The average Bonchev–Trinajstić information content (AvgIpc) is 3.35. The fourth-order valence-electron chi connectivity index (χ4n) is 4.69. The SMILES string of the molecule is O=S(=O)(Nc1c(OC2CCCC2)ccc2c1OCCC2N1C=NCC1)C1CCC1. The molecule has 2 aliphatic heterocycles. The van der Waals surface area contributed by atoms with Crippen molar-refractivity contribution < 1.29 is 17.9 Å². The van der Waals surface area contributed by atoms with Gasteiger partial charge >= 0.3 is 0 Å². The van der Waals surface area contributed by atoms with E-state index in [1.807, 2.05) is 18.5 Å². The van der Waals surface area contributed by atoms with Gasteiger partial charge in [0.1, 0.15) is 11.4 Å². The topological polar surface area (TPSA) is 80.2 Å². The van der Waals surface area contributed by atoms with E-state index in [9.17, 15) is 8.42 Å². The van der Waals surface area contributed by atoms with E-state index in [4.69, 9.17) is 9.47 Å². The molecule has 2 saturated carbocycles. The van der Waals surface area contributed by atoms with Gasteiger partial charge < -0.3 is 14.4 Å². The van der Waals surface area contributed by atoms with Crippen LogP contribution in [-0.4, -0.2) is 50.7 Å². The third-order valence-electron chi connectivity index (χ3n) is 6.60. The van der Waals surface area contributed by atoms with E-state index in [-0.39, 0.29) is 17.4 Å². The van der Waals surface area contributed by atoms with E-state index >= 15 is 0 Å². The molecule has 1 unspecified atom stereocenters. The molecule has 1 aromatic rings. The molecule has 0 radical (unpaired) electrons. The fourth-order valence-corrected chi connectivity index (χ4v) is 6.29. The Kier molecular flexibility index (Phi) is 5.05. The Labute approximate surface area is 172 Å². The summed E-state index contributed by atoms with van der Waals surface area (Å²) in [5.41, 5.74) is 1.50. The van der Waals surface area contributed by atoms with Crippen molar-refractivity contribution in [3.63, 3.8) is 0 Å². The molecule has 8 heteroatoms. The molecular weight excluding hydrogens is 390 g/mol. The Morgan fingerprint density at radius 2 is 1.93 bits per heavy atom. The van der Waals surface area contributed by atoms with Crippen LogP contribution in [0.15, 0.2) is 17.1 Å². The van der Waals surface area contributed by atoms with Crippen LogP contribution in [-0.2, 0) is 10.0 Å². The molecule has 1 aromatic carbocycles. The summed E-state index contributed by atoms with van der Waals surface area (Å²) in [6.45, 7) is 2.23. The summed E-state index contributed by atoms with van der Waals surface area (Å²) in [4.78, 5) is 6.57. The summed E-state index contributed by atoms with van der Waals surface area (Å²) in [6.07, 6.45) is 9.66. The van der Waals surface area contributed by atoms with Gasteiger partial charge in [0.15, 0.2) is 5.75 Å². The second-order valence-electron chi connectivity index (χ2n) is 8.49. The van der Waals surface area contributed by atoms with E-state index in [2.05, 4.69) is 14.6 Å². The monoisotopic (exact) mass is 419 g/mol. The van der Waals surface area contributed by atoms with E-state index in [1.54, 1.807) is 0 Å². The van der Waals surface area contributed by atoms with E-state index in [0.717, 1.165) is 70.0 Å². The average molecular weight is 420 g/mol. The first-order valence-corrected chi connectivity index (χ1v) is 12.4. The smallest absolute Gasteiger partial charge is 0.235 e. The largest absolute Gasteiger partial charge is 0.491 e. The van der Waals surface area contributed by atoms with Crippen LogP contribution < -0.4 is 14.2 Å². The molecule has 0 bridgehead atoms. The van der Waals surface area contributed by atoms with Crippen LogP contribution in [0.5, 0.6) is 11.5 Å². The normalized spacial score (nSPS) is 24.8. The van der Waals surface area contributed by atoms with Crippen LogP contribution >= 0.6 is 0 Å². The number of ether oxygens (including phenoxy) is 2. The molecule has 0 amide bonds. The third-order valence-corrected chi connectivity index (χ3v) is 8.43. The Hall–Kier alpha value is -1.96. The highest BCUT2D eigenvalue weighted by atomic mass is 32.2. The summed E-state index contributed by atoms with van der Waals surface area (Å²) in [6, 6.07) is 4.11. The van der Waals surface area contributed by atoms with Crippen molar-refractivity contribution in [3.05, 3.63) is 17.7 Å². The predicted molar refractivity (Wildman–Crippen MR) is 112 cm³/mol. The first-order chi connectivity index (χ1) is 14.1. The van der Waals surface area contributed by atoms with Gasteiger partial charge in [-0.25, -0.2) is 8.42 Å². The van der Waals surface area contributed by atoms with Gasteiger partial charge in [0.2, 0.25) is 10.0 Å². The minimum atomic E-state index is -3.45. The summed E-state index contributed by atoms with van der Waals surface area (Å²) in [5, 5.41) is -0.317. The molecule has 7 nitrogen and oxygen atoms in total. The van der Waals surface area contributed by atoms with Crippen LogP contribution in [0.4, 0.5) is 5.69 Å². The molecule has 2 fully saturated rings. The zero-order valence-corrected chi connectivity index (χ0v) is 17.5. The van der Waals surface area contributed by atoms with Crippen LogP contribution in [0.3, 0.4) is 0 Å². The molecule has 1 N–H and O–H groups in total. The third kappa shape index (κ3) is 3.67. The second-order valence-corrected chi connectivity index (χ2v) is 10.5. The molecule has 2 aliphatic carbocycles. The Balaban J connectivity index is 1.52. The number of rotatable bonds is 6. The van der Waals surface area contributed by atoms with Crippen molar-refractivity contribution in [2.24, 2.45) is 4.99 Å². The van der Waals surface area contributed by atoms with Crippen LogP contribution in [0.25, 0.3) is 0 Å². The number of aliphatic imine (C=N–C) groups is 1. The first-order valence-electron chi connectivity index (χ1n) is 10.9. The zero-order chi connectivity index (χ0) is 19.8. The lowest BCUT2D eigenvalue weighted by Crippen LogP contribution is -2.34. The standard InChI is InChI=1S/C21H29N3O4S/c25-29(26,16-6-3-7-16)23-20-19(28-15-4-1-2-5-15)9-8-17-18(10-13-27-21(17)20)24-12-11-22-14-24/h8-9,14-16,18,23H,1-7,10-13H2. The highest BCUT2D eigenvalue weighted by Gasteiger charge is 2.36. The quantitative estimate of drug-likeness (QED) is 0.764. The Morgan fingerprint density at radius 1 is 1.10 bits per heavy atom. The Bertz CT molecular complexity index is 891. The van der Waals surface area contributed by atoms with Crippen molar-refractivity contribution in [1.82, 2.24) is 4.90 Å². The van der Waals surface area contributed by atoms with Crippen molar-refractivity contribution in [3.8, 4) is 11.5 Å². The van der Waals surface area contributed by atoms with E-state index in [1.165, 1.54) is 0 Å². The minimum absolute atomic E-state index is 0.144. The van der Waals surface area contributed by atoms with Gasteiger partial charge in [-0.1, -0.05) is 6.42 Å². The number of nitrogens with zero attached hydrogens (tertiary/aromatic N) is 2. The van der Waals surface area contributed by atoms with Crippen molar-refractivity contribution in [1.29, 1.82) is 0 Å². The van der Waals surface area contributed by atoms with Gasteiger partial charge in [0.05, 0.1) is 36.9 Å².